The summed E-state index contributed by atoms with van der Waals surface area (Å²) in [5.41, 5.74) is 1.07. The molecule has 0 aromatic heterocycles. The third-order valence-corrected chi connectivity index (χ3v) is 4.92. The highest BCUT2D eigenvalue weighted by atomic mass is 35.5. The third kappa shape index (κ3) is 4.93. The van der Waals surface area contributed by atoms with Crippen LogP contribution in [-0.4, -0.2) is 43.7 Å². The summed E-state index contributed by atoms with van der Waals surface area (Å²) in [6, 6.07) is 7.98. The van der Waals surface area contributed by atoms with Crippen molar-refractivity contribution in [3.05, 3.63) is 34.9 Å². The van der Waals surface area contributed by atoms with Crippen LogP contribution in [0.1, 0.15) is 38.3 Å². The molecule has 1 aromatic rings. The van der Waals surface area contributed by atoms with Crippen molar-refractivity contribution in [3.63, 3.8) is 0 Å². The van der Waals surface area contributed by atoms with E-state index in [4.69, 9.17) is 16.3 Å². The monoisotopic (exact) mass is 338 g/mol. The summed E-state index contributed by atoms with van der Waals surface area (Å²) < 4.78 is 5.45. The molecular formula is C18H27ClN2O2. The average Bonchev–Trinajstić information content (AvgIpc) is 2.58. The van der Waals surface area contributed by atoms with Gasteiger partial charge in [0.15, 0.2) is 0 Å². The van der Waals surface area contributed by atoms with Crippen LogP contribution >= 0.6 is 11.6 Å². The minimum atomic E-state index is 0.0888. The van der Waals surface area contributed by atoms with Gasteiger partial charge in [0.2, 0.25) is 5.91 Å². The highest BCUT2D eigenvalue weighted by molar-refractivity contribution is 6.31. The van der Waals surface area contributed by atoms with E-state index in [0.29, 0.717) is 6.54 Å². The summed E-state index contributed by atoms with van der Waals surface area (Å²) in [7, 11) is 0. The van der Waals surface area contributed by atoms with Crippen molar-refractivity contribution in [1.29, 1.82) is 0 Å². The molecule has 1 unspecified atom stereocenters. The molecule has 0 bridgehead atoms. The van der Waals surface area contributed by atoms with Crippen LogP contribution in [0.5, 0.6) is 0 Å². The Kier molecular flexibility index (Phi) is 7.34. The van der Waals surface area contributed by atoms with Crippen molar-refractivity contribution in [2.75, 3.05) is 32.8 Å². The topological polar surface area (TPSA) is 41.6 Å². The Morgan fingerprint density at radius 1 is 1.26 bits per heavy atom. The van der Waals surface area contributed by atoms with Crippen molar-refractivity contribution >= 4 is 17.5 Å². The first-order valence-electron chi connectivity index (χ1n) is 8.51. The first-order chi connectivity index (χ1) is 11.2. The summed E-state index contributed by atoms with van der Waals surface area (Å²) >= 11 is 6.40. The van der Waals surface area contributed by atoms with Crippen LogP contribution in [0.15, 0.2) is 24.3 Å². The zero-order valence-corrected chi connectivity index (χ0v) is 14.8. The second kappa shape index (κ2) is 9.26. The van der Waals surface area contributed by atoms with E-state index in [1.54, 1.807) is 0 Å². The SMILES string of the molecule is CCC(CC)C(=O)NCC(c1ccccc1Cl)N1CCOCC1. The number of hydrogen-bond acceptors (Lipinski definition) is 3. The fourth-order valence-electron chi connectivity index (χ4n) is 3.07. The first-order valence-corrected chi connectivity index (χ1v) is 8.89. The molecular weight excluding hydrogens is 312 g/mol. The van der Waals surface area contributed by atoms with Gasteiger partial charge in [-0.15, -0.1) is 0 Å². The molecule has 23 heavy (non-hydrogen) atoms. The highest BCUT2D eigenvalue weighted by Crippen LogP contribution is 2.28. The Morgan fingerprint density at radius 2 is 1.91 bits per heavy atom. The number of ether oxygens (including phenoxy) is 1. The molecule has 1 atom stereocenters. The second-order valence-electron chi connectivity index (χ2n) is 5.94. The molecule has 2 rings (SSSR count). The molecule has 1 fully saturated rings. The van der Waals surface area contributed by atoms with Crippen molar-refractivity contribution in [1.82, 2.24) is 10.2 Å². The number of carbonyl (C=O) groups is 1. The summed E-state index contributed by atoms with van der Waals surface area (Å²) in [6.45, 7) is 7.86. The average molecular weight is 339 g/mol. The molecule has 1 N–H and O–H groups in total. The zero-order chi connectivity index (χ0) is 16.7. The Labute approximate surface area is 144 Å². The van der Waals surface area contributed by atoms with E-state index in [2.05, 4.69) is 24.1 Å². The number of nitrogens with one attached hydrogen (secondary N) is 1. The van der Waals surface area contributed by atoms with Gasteiger partial charge in [-0.2, -0.15) is 0 Å². The fourth-order valence-corrected chi connectivity index (χ4v) is 3.33. The number of benzene rings is 1. The number of nitrogens with zero attached hydrogens (tertiary/aromatic N) is 1. The molecule has 4 nitrogen and oxygen atoms in total. The van der Waals surface area contributed by atoms with E-state index < -0.39 is 0 Å². The van der Waals surface area contributed by atoms with Gasteiger partial charge in [-0.05, 0) is 24.5 Å². The van der Waals surface area contributed by atoms with E-state index in [1.807, 2.05) is 24.3 Å². The molecule has 0 spiro atoms. The van der Waals surface area contributed by atoms with Gasteiger partial charge in [-0.3, -0.25) is 9.69 Å². The lowest BCUT2D eigenvalue weighted by molar-refractivity contribution is -0.125. The summed E-state index contributed by atoms with van der Waals surface area (Å²) in [6.07, 6.45) is 1.74. The lowest BCUT2D eigenvalue weighted by atomic mass is 10.0. The Hall–Kier alpha value is -1.10. The normalized spacial score (nSPS) is 17.2. The Balaban J connectivity index is 2.11. The lowest BCUT2D eigenvalue weighted by Gasteiger charge is -2.35. The molecule has 1 saturated heterocycles. The predicted octanol–water partition coefficient (Wildman–Crippen LogP) is 3.27. The number of morpholine rings is 1. The first kappa shape index (κ1) is 18.2. The zero-order valence-electron chi connectivity index (χ0n) is 14.1. The van der Waals surface area contributed by atoms with E-state index >= 15 is 0 Å². The van der Waals surface area contributed by atoms with Crippen LogP contribution in [-0.2, 0) is 9.53 Å². The number of carbonyl (C=O) groups excluding carboxylic acids is 1. The molecule has 0 saturated carbocycles. The van der Waals surface area contributed by atoms with Gasteiger partial charge in [0.05, 0.1) is 19.3 Å². The maximum absolute atomic E-state index is 12.3. The molecule has 1 heterocycles. The molecule has 0 aliphatic carbocycles. The van der Waals surface area contributed by atoms with Gasteiger partial charge in [0.25, 0.3) is 0 Å². The van der Waals surface area contributed by atoms with Crippen LogP contribution in [0, 0.1) is 5.92 Å². The smallest absolute Gasteiger partial charge is 0.223 e. The van der Waals surface area contributed by atoms with Gasteiger partial charge in [0.1, 0.15) is 0 Å². The standard InChI is InChI=1S/C18H27ClN2O2/c1-3-14(4-2)18(22)20-13-17(21-9-11-23-12-10-21)15-7-5-6-8-16(15)19/h5-8,14,17H,3-4,9-13H2,1-2H3,(H,20,22). The van der Waals surface area contributed by atoms with Crippen LogP contribution in [0.25, 0.3) is 0 Å². The predicted molar refractivity (Wildman–Crippen MR) is 93.7 cm³/mol. The highest BCUT2D eigenvalue weighted by Gasteiger charge is 2.25. The molecule has 1 amide bonds. The van der Waals surface area contributed by atoms with Crippen LogP contribution < -0.4 is 5.32 Å². The van der Waals surface area contributed by atoms with E-state index in [0.717, 1.165) is 49.7 Å². The van der Waals surface area contributed by atoms with Gasteiger partial charge in [0, 0.05) is 30.6 Å². The van der Waals surface area contributed by atoms with E-state index in [-0.39, 0.29) is 17.9 Å². The van der Waals surface area contributed by atoms with Gasteiger partial charge in [-0.25, -0.2) is 0 Å². The molecule has 1 aromatic carbocycles. The van der Waals surface area contributed by atoms with Crippen molar-refractivity contribution < 1.29 is 9.53 Å². The van der Waals surface area contributed by atoms with Crippen molar-refractivity contribution in [2.24, 2.45) is 5.92 Å². The largest absolute Gasteiger partial charge is 0.379 e. The number of hydrogen-bond donors (Lipinski definition) is 1. The van der Waals surface area contributed by atoms with Gasteiger partial charge in [-0.1, -0.05) is 43.6 Å². The van der Waals surface area contributed by atoms with Crippen molar-refractivity contribution in [2.45, 2.75) is 32.7 Å². The molecule has 128 valence electrons. The van der Waals surface area contributed by atoms with Gasteiger partial charge < -0.3 is 10.1 Å². The van der Waals surface area contributed by atoms with Crippen LogP contribution in [0.2, 0.25) is 5.02 Å². The Bertz CT molecular complexity index is 500. The second-order valence-corrected chi connectivity index (χ2v) is 6.35. The van der Waals surface area contributed by atoms with E-state index in [1.165, 1.54) is 0 Å². The fraction of sp³-hybridized carbons (Fsp3) is 0.611. The number of rotatable bonds is 7. The lowest BCUT2D eigenvalue weighted by Crippen LogP contribution is -2.44. The number of halogens is 1. The minimum Gasteiger partial charge on any atom is -0.379 e. The third-order valence-electron chi connectivity index (χ3n) is 4.58. The minimum absolute atomic E-state index is 0.0888. The summed E-state index contributed by atoms with van der Waals surface area (Å²) in [5.74, 6) is 0.229. The van der Waals surface area contributed by atoms with Crippen LogP contribution in [0.4, 0.5) is 0 Å². The summed E-state index contributed by atoms with van der Waals surface area (Å²) in [4.78, 5) is 14.7. The molecule has 1 aliphatic heterocycles. The Morgan fingerprint density at radius 3 is 2.52 bits per heavy atom. The van der Waals surface area contributed by atoms with Crippen molar-refractivity contribution in [3.8, 4) is 0 Å². The summed E-state index contributed by atoms with van der Waals surface area (Å²) in [5, 5.41) is 3.88. The maximum Gasteiger partial charge on any atom is 0.223 e. The van der Waals surface area contributed by atoms with E-state index in [9.17, 15) is 4.79 Å². The molecule has 1 aliphatic rings. The number of amides is 1. The quantitative estimate of drug-likeness (QED) is 0.829. The van der Waals surface area contributed by atoms with Crippen LogP contribution in [0.3, 0.4) is 0 Å². The maximum atomic E-state index is 12.3. The molecule has 5 heteroatoms. The van der Waals surface area contributed by atoms with Gasteiger partial charge >= 0.3 is 0 Å². The molecule has 0 radical (unpaired) electrons.